The van der Waals surface area contributed by atoms with E-state index in [0.717, 1.165) is 18.8 Å². The quantitative estimate of drug-likeness (QED) is 0.782. The molecule has 1 aliphatic carbocycles. The largest absolute Gasteiger partial charge is 0.307 e. The van der Waals surface area contributed by atoms with Crippen LogP contribution in [0.25, 0.3) is 0 Å². The summed E-state index contributed by atoms with van der Waals surface area (Å²) in [5.41, 5.74) is 3.96. The molecule has 16 heavy (non-hydrogen) atoms. The maximum Gasteiger partial charge on any atom is 0.145 e. The van der Waals surface area contributed by atoms with Crippen LogP contribution in [0.15, 0.2) is 0 Å². The second kappa shape index (κ2) is 4.13. The highest BCUT2D eigenvalue weighted by Crippen LogP contribution is 2.26. The first kappa shape index (κ1) is 10.2. The molecule has 1 aromatic rings. The van der Waals surface area contributed by atoms with E-state index in [1.807, 2.05) is 0 Å². The van der Waals surface area contributed by atoms with Crippen LogP contribution in [-0.2, 0) is 12.8 Å². The molecule has 3 rings (SSSR count). The smallest absolute Gasteiger partial charge is 0.145 e. The molecule has 1 unspecified atom stereocenters. The summed E-state index contributed by atoms with van der Waals surface area (Å²) in [6, 6.07) is 0.408. The van der Waals surface area contributed by atoms with Crippen LogP contribution in [0.1, 0.15) is 54.5 Å². The number of hydrogen-bond acceptors (Lipinski definition) is 3. The molecule has 2 heterocycles. The minimum atomic E-state index is 0.408. The summed E-state index contributed by atoms with van der Waals surface area (Å²) in [7, 11) is 0. The predicted molar refractivity (Wildman–Crippen MR) is 63.4 cm³/mol. The fourth-order valence-corrected chi connectivity index (χ4v) is 2.87. The highest BCUT2D eigenvalue weighted by molar-refractivity contribution is 5.28. The summed E-state index contributed by atoms with van der Waals surface area (Å²) in [5.74, 6) is 1.04. The van der Waals surface area contributed by atoms with Gasteiger partial charge in [0.2, 0.25) is 0 Å². The van der Waals surface area contributed by atoms with Gasteiger partial charge >= 0.3 is 0 Å². The van der Waals surface area contributed by atoms with Gasteiger partial charge < -0.3 is 5.32 Å². The van der Waals surface area contributed by atoms with Crippen LogP contribution in [0.2, 0.25) is 0 Å². The maximum absolute atomic E-state index is 4.78. The van der Waals surface area contributed by atoms with Crippen molar-refractivity contribution in [1.82, 2.24) is 15.3 Å². The molecule has 1 fully saturated rings. The van der Waals surface area contributed by atoms with E-state index in [-0.39, 0.29) is 0 Å². The van der Waals surface area contributed by atoms with E-state index >= 15 is 0 Å². The number of nitrogens with one attached hydrogen (secondary N) is 1. The van der Waals surface area contributed by atoms with Crippen molar-refractivity contribution in [1.29, 1.82) is 0 Å². The van der Waals surface area contributed by atoms with Gasteiger partial charge in [0.15, 0.2) is 0 Å². The number of fused-ring (bicyclic) bond motifs is 1. The van der Waals surface area contributed by atoms with E-state index in [1.165, 1.54) is 49.1 Å². The van der Waals surface area contributed by atoms with Crippen molar-refractivity contribution in [3.05, 3.63) is 22.8 Å². The zero-order chi connectivity index (χ0) is 11.0. The number of aromatic nitrogens is 2. The fraction of sp³-hybridized carbons (Fsp3) is 0.692. The topological polar surface area (TPSA) is 37.8 Å². The van der Waals surface area contributed by atoms with Crippen molar-refractivity contribution in [2.75, 3.05) is 6.54 Å². The molecular weight excluding hydrogens is 198 g/mol. The zero-order valence-electron chi connectivity index (χ0n) is 9.92. The van der Waals surface area contributed by atoms with Crippen molar-refractivity contribution in [3.63, 3.8) is 0 Å². The summed E-state index contributed by atoms with van der Waals surface area (Å²) >= 11 is 0. The van der Waals surface area contributed by atoms with E-state index < -0.39 is 0 Å². The first-order chi connectivity index (χ1) is 7.84. The van der Waals surface area contributed by atoms with Gasteiger partial charge in [-0.05, 0) is 57.6 Å². The van der Waals surface area contributed by atoms with Gasteiger partial charge in [0.05, 0.1) is 6.04 Å². The third-order valence-electron chi connectivity index (χ3n) is 3.78. The summed E-state index contributed by atoms with van der Waals surface area (Å²) in [6.45, 7) is 3.26. The molecule has 3 heteroatoms. The molecule has 3 nitrogen and oxygen atoms in total. The Balaban J connectivity index is 1.97. The molecule has 0 aromatic carbocycles. The number of nitrogens with zero attached hydrogens (tertiary/aromatic N) is 2. The standard InChI is InChI=1S/C13H19N3/c1-9-10-5-2-3-6-11(10)16-13(15-9)12-7-4-8-14-12/h12,14H,2-8H2,1H3. The molecule has 86 valence electrons. The molecule has 0 saturated carbocycles. The predicted octanol–water partition coefficient (Wildman–Crippen LogP) is 2.09. The van der Waals surface area contributed by atoms with Gasteiger partial charge in [-0.1, -0.05) is 0 Å². The Bertz CT molecular complexity index is 394. The molecule has 1 atom stereocenters. The van der Waals surface area contributed by atoms with Crippen LogP contribution in [0.4, 0.5) is 0 Å². The molecule has 0 bridgehead atoms. The number of aryl methyl sites for hydroxylation is 2. The van der Waals surface area contributed by atoms with Crippen LogP contribution in [0.5, 0.6) is 0 Å². The molecular formula is C13H19N3. The van der Waals surface area contributed by atoms with Gasteiger partial charge in [-0.3, -0.25) is 0 Å². The summed E-state index contributed by atoms with van der Waals surface area (Å²) in [6.07, 6.45) is 7.37. The lowest BCUT2D eigenvalue weighted by Crippen LogP contribution is -2.19. The van der Waals surface area contributed by atoms with E-state index in [2.05, 4.69) is 12.2 Å². The monoisotopic (exact) mass is 217 g/mol. The molecule has 2 aliphatic rings. The summed E-state index contributed by atoms with van der Waals surface area (Å²) < 4.78 is 0. The van der Waals surface area contributed by atoms with E-state index in [4.69, 9.17) is 9.97 Å². The highest BCUT2D eigenvalue weighted by atomic mass is 15.0. The Labute approximate surface area is 96.7 Å². The van der Waals surface area contributed by atoms with Crippen molar-refractivity contribution >= 4 is 0 Å². The second-order valence-electron chi connectivity index (χ2n) is 4.95. The first-order valence-electron chi connectivity index (χ1n) is 6.44. The Morgan fingerprint density at radius 2 is 2.00 bits per heavy atom. The molecule has 1 saturated heterocycles. The van der Waals surface area contributed by atoms with Crippen LogP contribution in [0.3, 0.4) is 0 Å². The van der Waals surface area contributed by atoms with Gasteiger partial charge in [0, 0.05) is 11.4 Å². The van der Waals surface area contributed by atoms with Gasteiger partial charge in [0.1, 0.15) is 5.82 Å². The third kappa shape index (κ3) is 1.73. The fourth-order valence-electron chi connectivity index (χ4n) is 2.87. The van der Waals surface area contributed by atoms with Gasteiger partial charge in [-0.2, -0.15) is 0 Å². The zero-order valence-corrected chi connectivity index (χ0v) is 9.92. The van der Waals surface area contributed by atoms with Crippen LogP contribution in [-0.4, -0.2) is 16.5 Å². The van der Waals surface area contributed by atoms with E-state index in [1.54, 1.807) is 0 Å². The van der Waals surface area contributed by atoms with Gasteiger partial charge in [-0.15, -0.1) is 0 Å². The molecule has 0 spiro atoms. The first-order valence-corrected chi connectivity index (χ1v) is 6.44. The number of hydrogen-bond donors (Lipinski definition) is 1. The Hall–Kier alpha value is -0.960. The van der Waals surface area contributed by atoms with Crippen molar-refractivity contribution in [2.24, 2.45) is 0 Å². The third-order valence-corrected chi connectivity index (χ3v) is 3.78. The van der Waals surface area contributed by atoms with E-state index in [0.29, 0.717) is 6.04 Å². The average Bonchev–Trinajstić information content (AvgIpc) is 2.82. The average molecular weight is 217 g/mol. The molecule has 0 amide bonds. The lowest BCUT2D eigenvalue weighted by atomic mass is 9.95. The van der Waals surface area contributed by atoms with Gasteiger partial charge in [0.25, 0.3) is 0 Å². The van der Waals surface area contributed by atoms with Crippen molar-refractivity contribution < 1.29 is 0 Å². The highest BCUT2D eigenvalue weighted by Gasteiger charge is 2.22. The lowest BCUT2D eigenvalue weighted by molar-refractivity contribution is 0.578. The maximum atomic E-state index is 4.78. The normalized spacial score (nSPS) is 24.4. The molecule has 0 radical (unpaired) electrons. The van der Waals surface area contributed by atoms with Gasteiger partial charge in [-0.25, -0.2) is 9.97 Å². The Morgan fingerprint density at radius 1 is 1.12 bits per heavy atom. The molecule has 1 aromatic heterocycles. The Kier molecular flexibility index (Phi) is 2.64. The minimum Gasteiger partial charge on any atom is -0.307 e. The second-order valence-corrected chi connectivity index (χ2v) is 4.95. The minimum absolute atomic E-state index is 0.408. The lowest BCUT2D eigenvalue weighted by Gasteiger charge is -2.19. The van der Waals surface area contributed by atoms with Crippen molar-refractivity contribution in [3.8, 4) is 0 Å². The van der Waals surface area contributed by atoms with Crippen molar-refractivity contribution in [2.45, 2.75) is 51.5 Å². The SMILES string of the molecule is Cc1nc(C2CCCN2)nc2c1CCCC2. The van der Waals surface area contributed by atoms with Crippen LogP contribution >= 0.6 is 0 Å². The van der Waals surface area contributed by atoms with Crippen LogP contribution < -0.4 is 5.32 Å². The summed E-state index contributed by atoms with van der Waals surface area (Å²) in [4.78, 5) is 9.48. The van der Waals surface area contributed by atoms with Crippen LogP contribution in [0, 0.1) is 6.92 Å². The molecule has 1 aliphatic heterocycles. The molecule has 1 N–H and O–H groups in total. The van der Waals surface area contributed by atoms with E-state index in [9.17, 15) is 0 Å². The Morgan fingerprint density at radius 3 is 2.81 bits per heavy atom. The summed E-state index contributed by atoms with van der Waals surface area (Å²) in [5, 5.41) is 3.48. The number of rotatable bonds is 1.